The van der Waals surface area contributed by atoms with Crippen LogP contribution in [0, 0.1) is 0 Å². The van der Waals surface area contributed by atoms with E-state index in [9.17, 15) is 0 Å². The number of anilines is 3. The number of hydrogen-bond donors (Lipinski definition) is 2. The zero-order valence-electron chi connectivity index (χ0n) is 11.7. The highest BCUT2D eigenvalue weighted by atomic mass is 79.9. The lowest BCUT2D eigenvalue weighted by molar-refractivity contribution is 1.14. The van der Waals surface area contributed by atoms with Gasteiger partial charge in [0.2, 0.25) is 0 Å². The highest BCUT2D eigenvalue weighted by Crippen LogP contribution is 2.29. The van der Waals surface area contributed by atoms with Crippen LogP contribution in [0.15, 0.2) is 53.1 Å². The molecule has 0 aliphatic rings. The van der Waals surface area contributed by atoms with E-state index in [1.54, 1.807) is 6.20 Å². The first-order valence-electron chi connectivity index (χ1n) is 6.87. The summed E-state index contributed by atoms with van der Waals surface area (Å²) in [5, 5.41) is 4.58. The predicted molar refractivity (Wildman–Crippen MR) is 93.0 cm³/mol. The molecule has 3 aromatic rings. The standard InChI is InChI=1S/C17H16BrN3/c1-2-11-9-12(18)3-6-15(11)21-16-7-8-20-17-10-13(19)4-5-14(16)17/h3-10H,2,19H2,1H3,(H,20,21). The van der Waals surface area contributed by atoms with Gasteiger partial charge in [-0.05, 0) is 54.4 Å². The first kappa shape index (κ1) is 13.9. The zero-order chi connectivity index (χ0) is 14.8. The summed E-state index contributed by atoms with van der Waals surface area (Å²) < 4.78 is 1.09. The Kier molecular flexibility index (Phi) is 3.80. The summed E-state index contributed by atoms with van der Waals surface area (Å²) in [5.41, 5.74) is 10.9. The normalized spacial score (nSPS) is 10.8. The summed E-state index contributed by atoms with van der Waals surface area (Å²) >= 11 is 3.52. The van der Waals surface area contributed by atoms with E-state index in [1.165, 1.54) is 5.56 Å². The first-order valence-corrected chi connectivity index (χ1v) is 7.66. The maximum absolute atomic E-state index is 5.82. The summed E-state index contributed by atoms with van der Waals surface area (Å²) in [6.07, 6.45) is 2.77. The summed E-state index contributed by atoms with van der Waals surface area (Å²) in [7, 11) is 0. The molecule has 0 aliphatic carbocycles. The molecule has 4 heteroatoms. The fourth-order valence-corrected chi connectivity index (χ4v) is 2.80. The van der Waals surface area contributed by atoms with E-state index in [0.29, 0.717) is 0 Å². The molecule has 0 saturated heterocycles. The summed E-state index contributed by atoms with van der Waals surface area (Å²) in [4.78, 5) is 4.37. The van der Waals surface area contributed by atoms with Crippen molar-refractivity contribution in [2.75, 3.05) is 11.1 Å². The lowest BCUT2D eigenvalue weighted by Gasteiger charge is -2.13. The van der Waals surface area contributed by atoms with Crippen LogP contribution in [0.5, 0.6) is 0 Å². The Labute approximate surface area is 132 Å². The van der Waals surface area contributed by atoms with E-state index in [-0.39, 0.29) is 0 Å². The Morgan fingerprint density at radius 1 is 1.10 bits per heavy atom. The molecule has 3 N–H and O–H groups in total. The van der Waals surface area contributed by atoms with Crippen molar-refractivity contribution < 1.29 is 0 Å². The van der Waals surface area contributed by atoms with Gasteiger partial charge in [0.25, 0.3) is 0 Å². The molecule has 2 aromatic carbocycles. The van der Waals surface area contributed by atoms with E-state index in [2.05, 4.69) is 45.3 Å². The third kappa shape index (κ3) is 2.85. The second-order valence-corrected chi connectivity index (χ2v) is 5.83. The minimum Gasteiger partial charge on any atom is -0.399 e. The van der Waals surface area contributed by atoms with Crippen molar-refractivity contribution in [3.63, 3.8) is 0 Å². The maximum Gasteiger partial charge on any atom is 0.0743 e. The number of pyridine rings is 1. The van der Waals surface area contributed by atoms with Crippen LogP contribution >= 0.6 is 15.9 Å². The summed E-state index contributed by atoms with van der Waals surface area (Å²) in [6.45, 7) is 2.15. The largest absolute Gasteiger partial charge is 0.399 e. The lowest BCUT2D eigenvalue weighted by atomic mass is 10.1. The molecule has 106 valence electrons. The minimum absolute atomic E-state index is 0.727. The third-order valence-corrected chi connectivity index (χ3v) is 3.98. The van der Waals surface area contributed by atoms with E-state index < -0.39 is 0 Å². The van der Waals surface area contributed by atoms with Crippen LogP contribution in [0.25, 0.3) is 10.9 Å². The molecule has 0 aliphatic heterocycles. The molecule has 0 saturated carbocycles. The molecule has 21 heavy (non-hydrogen) atoms. The molecule has 0 unspecified atom stereocenters. The smallest absolute Gasteiger partial charge is 0.0743 e. The van der Waals surface area contributed by atoms with Crippen LogP contribution in [0.1, 0.15) is 12.5 Å². The van der Waals surface area contributed by atoms with Crippen molar-refractivity contribution in [1.29, 1.82) is 0 Å². The van der Waals surface area contributed by atoms with Gasteiger partial charge < -0.3 is 11.1 Å². The number of benzene rings is 2. The molecule has 0 spiro atoms. The number of halogens is 1. The van der Waals surface area contributed by atoms with Crippen molar-refractivity contribution in [2.45, 2.75) is 13.3 Å². The molecule has 0 amide bonds. The Balaban J connectivity index is 2.06. The van der Waals surface area contributed by atoms with Gasteiger partial charge in [-0.25, -0.2) is 0 Å². The quantitative estimate of drug-likeness (QED) is 0.667. The Morgan fingerprint density at radius 3 is 2.76 bits per heavy atom. The van der Waals surface area contributed by atoms with Gasteiger partial charge in [0.05, 0.1) is 5.52 Å². The van der Waals surface area contributed by atoms with Gasteiger partial charge in [0, 0.05) is 33.1 Å². The van der Waals surface area contributed by atoms with E-state index in [4.69, 9.17) is 5.73 Å². The molecule has 1 heterocycles. The predicted octanol–water partition coefficient (Wildman–Crippen LogP) is 4.89. The number of nitrogen functional groups attached to an aromatic ring is 1. The lowest BCUT2D eigenvalue weighted by Crippen LogP contribution is -1.97. The SMILES string of the molecule is CCc1cc(Br)ccc1Nc1ccnc2cc(N)ccc12. The summed E-state index contributed by atoms with van der Waals surface area (Å²) in [6, 6.07) is 14.1. The van der Waals surface area contributed by atoms with Crippen molar-refractivity contribution in [3.8, 4) is 0 Å². The van der Waals surface area contributed by atoms with Crippen molar-refractivity contribution in [1.82, 2.24) is 4.98 Å². The van der Waals surface area contributed by atoms with Gasteiger partial charge in [0.15, 0.2) is 0 Å². The highest BCUT2D eigenvalue weighted by molar-refractivity contribution is 9.10. The van der Waals surface area contributed by atoms with Gasteiger partial charge in [-0.15, -0.1) is 0 Å². The molecular formula is C17H16BrN3. The van der Waals surface area contributed by atoms with E-state index in [1.807, 2.05) is 30.3 Å². The third-order valence-electron chi connectivity index (χ3n) is 3.48. The average Bonchev–Trinajstić information content (AvgIpc) is 2.49. The fraction of sp³-hybridized carbons (Fsp3) is 0.118. The minimum atomic E-state index is 0.727. The molecule has 0 fully saturated rings. The number of rotatable bonds is 3. The number of nitrogens with two attached hydrogens (primary N) is 1. The van der Waals surface area contributed by atoms with Crippen LogP contribution in [0.2, 0.25) is 0 Å². The number of aromatic nitrogens is 1. The second kappa shape index (κ2) is 5.74. The van der Waals surface area contributed by atoms with Crippen molar-refractivity contribution in [3.05, 3.63) is 58.7 Å². The Bertz CT molecular complexity index is 799. The molecule has 3 rings (SSSR count). The molecule has 0 atom stereocenters. The Hall–Kier alpha value is -2.07. The highest BCUT2D eigenvalue weighted by Gasteiger charge is 2.06. The maximum atomic E-state index is 5.82. The van der Waals surface area contributed by atoms with Crippen LogP contribution in [-0.2, 0) is 6.42 Å². The summed E-state index contributed by atoms with van der Waals surface area (Å²) in [5.74, 6) is 0. The number of aryl methyl sites for hydroxylation is 1. The average molecular weight is 342 g/mol. The second-order valence-electron chi connectivity index (χ2n) is 4.92. The van der Waals surface area contributed by atoms with Gasteiger partial charge in [0.1, 0.15) is 0 Å². The van der Waals surface area contributed by atoms with Crippen molar-refractivity contribution in [2.24, 2.45) is 0 Å². The van der Waals surface area contributed by atoms with Gasteiger partial charge in [-0.2, -0.15) is 0 Å². The molecule has 3 nitrogen and oxygen atoms in total. The molecule has 0 bridgehead atoms. The first-order chi connectivity index (χ1) is 10.2. The van der Waals surface area contributed by atoms with Crippen LogP contribution in [0.4, 0.5) is 17.1 Å². The van der Waals surface area contributed by atoms with Gasteiger partial charge in [-0.1, -0.05) is 22.9 Å². The van der Waals surface area contributed by atoms with Crippen LogP contribution < -0.4 is 11.1 Å². The molecule has 0 radical (unpaired) electrons. The van der Waals surface area contributed by atoms with E-state index in [0.717, 1.165) is 38.9 Å². The van der Waals surface area contributed by atoms with Crippen LogP contribution in [-0.4, -0.2) is 4.98 Å². The molecular weight excluding hydrogens is 326 g/mol. The number of fused-ring (bicyclic) bond motifs is 1. The zero-order valence-corrected chi connectivity index (χ0v) is 13.3. The topological polar surface area (TPSA) is 50.9 Å². The fourth-order valence-electron chi connectivity index (χ4n) is 2.40. The Morgan fingerprint density at radius 2 is 1.95 bits per heavy atom. The number of nitrogens with one attached hydrogen (secondary N) is 1. The monoisotopic (exact) mass is 341 g/mol. The molecule has 1 aromatic heterocycles. The van der Waals surface area contributed by atoms with Crippen LogP contribution in [0.3, 0.4) is 0 Å². The van der Waals surface area contributed by atoms with E-state index >= 15 is 0 Å². The van der Waals surface area contributed by atoms with Gasteiger partial charge >= 0.3 is 0 Å². The number of hydrogen-bond acceptors (Lipinski definition) is 3. The number of nitrogens with zero attached hydrogens (tertiary/aromatic N) is 1. The van der Waals surface area contributed by atoms with Gasteiger partial charge in [-0.3, -0.25) is 4.98 Å². The van der Waals surface area contributed by atoms with Crippen molar-refractivity contribution >= 4 is 43.9 Å².